The van der Waals surface area contributed by atoms with Gasteiger partial charge in [-0.25, -0.2) is 4.39 Å². The highest BCUT2D eigenvalue weighted by molar-refractivity contribution is 7.54. The van der Waals surface area contributed by atoms with Gasteiger partial charge in [-0.05, 0) is 65.5 Å². The first-order valence-electron chi connectivity index (χ1n) is 9.37. The second kappa shape index (κ2) is 9.27. The van der Waals surface area contributed by atoms with Gasteiger partial charge in [0.2, 0.25) is 5.78 Å². The Bertz CT molecular complexity index is 574. The first-order chi connectivity index (χ1) is 11.8. The molecule has 142 valence electrons. The number of rotatable bonds is 8. The van der Waals surface area contributed by atoms with Crippen molar-refractivity contribution < 1.29 is 23.3 Å². The molecule has 1 aliphatic rings. The Hall–Kier alpha value is -0.740. The van der Waals surface area contributed by atoms with Crippen molar-refractivity contribution >= 4 is 7.60 Å². The predicted molar refractivity (Wildman–Crippen MR) is 98.0 cm³/mol. The van der Waals surface area contributed by atoms with Crippen LogP contribution in [0.2, 0.25) is 0 Å². The summed E-state index contributed by atoms with van der Waals surface area (Å²) in [4.78, 5) is 0. The van der Waals surface area contributed by atoms with Gasteiger partial charge in [-0.1, -0.05) is 18.6 Å². The molecule has 1 aliphatic carbocycles. The Labute approximate surface area is 151 Å². The zero-order chi connectivity index (χ0) is 18.4. The van der Waals surface area contributed by atoms with Crippen molar-refractivity contribution in [1.82, 2.24) is 0 Å². The molecule has 0 radical (unpaired) electrons. The number of hydrogen-bond donors (Lipinski definition) is 1. The van der Waals surface area contributed by atoms with Crippen LogP contribution in [-0.4, -0.2) is 18.2 Å². The molecule has 2 N–H and O–H groups in total. The lowest BCUT2D eigenvalue weighted by molar-refractivity contribution is -0.713. The lowest BCUT2D eigenvalue weighted by atomic mass is 9.95. The van der Waals surface area contributed by atoms with Gasteiger partial charge < -0.3 is 14.4 Å². The molecule has 1 atom stereocenters. The first kappa shape index (κ1) is 20.6. The standard InChI is InChI=1S/C19H31FNO3P/c1-14(2)23-25(22,24-15(3)4)19(17-12-8-9-13-18(17)20)21-16-10-6-5-7-11-16/h8-9,12-16,19,21H,5-7,10-11H2,1-4H3/p+1/t19-/m0/s1. The summed E-state index contributed by atoms with van der Waals surface area (Å²) in [5.41, 5.74) is 0.401. The largest absolute Gasteiger partial charge is 0.392 e. The van der Waals surface area contributed by atoms with Crippen LogP contribution in [0.5, 0.6) is 0 Å². The third kappa shape index (κ3) is 5.89. The van der Waals surface area contributed by atoms with Crippen LogP contribution in [0.3, 0.4) is 0 Å². The van der Waals surface area contributed by atoms with Gasteiger partial charge in [-0.15, -0.1) is 0 Å². The zero-order valence-corrected chi connectivity index (χ0v) is 16.7. The summed E-state index contributed by atoms with van der Waals surface area (Å²) in [5, 5.41) is 2.03. The Kier molecular flexibility index (Phi) is 7.63. The summed E-state index contributed by atoms with van der Waals surface area (Å²) in [6.45, 7) is 7.31. The Morgan fingerprint density at radius 3 is 2.12 bits per heavy atom. The van der Waals surface area contributed by atoms with E-state index >= 15 is 0 Å². The zero-order valence-electron chi connectivity index (χ0n) is 15.8. The van der Waals surface area contributed by atoms with E-state index in [2.05, 4.69) is 0 Å². The molecule has 2 rings (SSSR count). The van der Waals surface area contributed by atoms with Gasteiger partial charge in [0.05, 0.1) is 23.8 Å². The number of hydrogen-bond acceptors (Lipinski definition) is 3. The minimum absolute atomic E-state index is 0.265. The van der Waals surface area contributed by atoms with E-state index in [9.17, 15) is 8.96 Å². The number of quaternary nitrogens is 1. The summed E-state index contributed by atoms with van der Waals surface area (Å²) in [5.74, 6) is -1.04. The van der Waals surface area contributed by atoms with Crippen molar-refractivity contribution in [2.75, 3.05) is 0 Å². The fourth-order valence-electron chi connectivity index (χ4n) is 3.42. The third-order valence-electron chi connectivity index (χ3n) is 4.38. The molecule has 1 saturated carbocycles. The summed E-state index contributed by atoms with van der Waals surface area (Å²) in [6, 6.07) is 6.84. The van der Waals surface area contributed by atoms with Crippen LogP contribution in [0.15, 0.2) is 24.3 Å². The van der Waals surface area contributed by atoms with Crippen LogP contribution in [0.25, 0.3) is 0 Å². The van der Waals surface area contributed by atoms with Crippen molar-refractivity contribution in [2.24, 2.45) is 0 Å². The maximum absolute atomic E-state index is 14.5. The predicted octanol–water partition coefficient (Wildman–Crippen LogP) is 4.76. The van der Waals surface area contributed by atoms with E-state index in [0.717, 1.165) is 25.7 Å². The smallest absolute Gasteiger partial charge is 0.327 e. The summed E-state index contributed by atoms with van der Waals surface area (Å²) in [6.07, 6.45) is 5.12. The van der Waals surface area contributed by atoms with Crippen molar-refractivity contribution in [3.63, 3.8) is 0 Å². The highest BCUT2D eigenvalue weighted by Gasteiger charge is 2.45. The van der Waals surface area contributed by atoms with Crippen LogP contribution in [0.4, 0.5) is 4.39 Å². The van der Waals surface area contributed by atoms with Gasteiger partial charge in [0.1, 0.15) is 5.82 Å². The van der Waals surface area contributed by atoms with Crippen LogP contribution in [-0.2, 0) is 13.6 Å². The minimum Gasteiger partial charge on any atom is -0.327 e. The maximum atomic E-state index is 14.5. The van der Waals surface area contributed by atoms with Gasteiger partial charge >= 0.3 is 7.60 Å². The molecule has 0 bridgehead atoms. The van der Waals surface area contributed by atoms with Gasteiger partial charge in [-0.3, -0.25) is 4.57 Å². The molecule has 0 unspecified atom stereocenters. The molecule has 0 spiro atoms. The fourth-order valence-corrected chi connectivity index (χ4v) is 5.91. The molecule has 1 fully saturated rings. The second-order valence-electron chi connectivity index (χ2n) is 7.41. The highest BCUT2D eigenvalue weighted by Crippen LogP contribution is 2.59. The number of halogens is 1. The first-order valence-corrected chi connectivity index (χ1v) is 11.0. The summed E-state index contributed by atoms with van der Waals surface area (Å²) >= 11 is 0. The average molecular weight is 372 g/mol. The monoisotopic (exact) mass is 372 g/mol. The van der Waals surface area contributed by atoms with Crippen LogP contribution >= 0.6 is 7.60 Å². The number of benzene rings is 1. The maximum Gasteiger partial charge on any atom is 0.392 e. The molecule has 25 heavy (non-hydrogen) atoms. The van der Waals surface area contributed by atoms with Crippen molar-refractivity contribution in [2.45, 2.75) is 83.8 Å². The van der Waals surface area contributed by atoms with Crippen molar-refractivity contribution in [3.8, 4) is 0 Å². The molecule has 6 heteroatoms. The van der Waals surface area contributed by atoms with E-state index in [1.165, 1.54) is 12.5 Å². The normalized spacial score (nSPS) is 18.0. The summed E-state index contributed by atoms with van der Waals surface area (Å²) < 4.78 is 39.9. The molecule has 0 aromatic heterocycles. The lowest BCUT2D eigenvalue weighted by Gasteiger charge is -2.32. The van der Waals surface area contributed by atoms with Gasteiger partial charge in [0.15, 0.2) is 0 Å². The average Bonchev–Trinajstić information content (AvgIpc) is 2.53. The molecule has 0 heterocycles. The van der Waals surface area contributed by atoms with Gasteiger partial charge in [0, 0.05) is 0 Å². The quantitative estimate of drug-likeness (QED) is 0.669. The van der Waals surface area contributed by atoms with E-state index < -0.39 is 13.4 Å². The van der Waals surface area contributed by atoms with Crippen LogP contribution in [0, 0.1) is 5.82 Å². The SMILES string of the molecule is CC(C)OP(=O)(OC(C)C)[C@H]([NH2+]C1CCCCC1)c1ccccc1F. The van der Waals surface area contributed by atoms with Crippen LogP contribution < -0.4 is 5.32 Å². The Morgan fingerprint density at radius 2 is 1.60 bits per heavy atom. The highest BCUT2D eigenvalue weighted by atomic mass is 31.2. The van der Waals surface area contributed by atoms with Crippen molar-refractivity contribution in [1.29, 1.82) is 0 Å². The molecule has 4 nitrogen and oxygen atoms in total. The fraction of sp³-hybridized carbons (Fsp3) is 0.684. The lowest BCUT2D eigenvalue weighted by Crippen LogP contribution is -2.91. The molecule has 0 amide bonds. The molecule has 0 aliphatic heterocycles. The van der Waals surface area contributed by atoms with Crippen LogP contribution in [0.1, 0.15) is 71.1 Å². The van der Waals surface area contributed by atoms with E-state index in [0.29, 0.717) is 11.6 Å². The van der Waals surface area contributed by atoms with Crippen molar-refractivity contribution in [3.05, 3.63) is 35.6 Å². The Balaban J connectivity index is 2.39. The molecular formula is C19H32FNO3P+. The van der Waals surface area contributed by atoms with E-state index in [1.54, 1.807) is 18.2 Å². The van der Waals surface area contributed by atoms with E-state index in [4.69, 9.17) is 9.05 Å². The topological polar surface area (TPSA) is 52.1 Å². The van der Waals surface area contributed by atoms with Gasteiger partial charge in [0.25, 0.3) is 0 Å². The molecule has 1 aromatic carbocycles. The van der Waals surface area contributed by atoms with Gasteiger partial charge in [-0.2, -0.15) is 0 Å². The third-order valence-corrected chi connectivity index (χ3v) is 6.95. The number of nitrogens with two attached hydrogens (primary N) is 1. The van der Waals surface area contributed by atoms with E-state index in [-0.39, 0.29) is 18.0 Å². The Morgan fingerprint density at radius 1 is 1.04 bits per heavy atom. The molecule has 0 saturated heterocycles. The minimum atomic E-state index is -3.55. The summed E-state index contributed by atoms with van der Waals surface area (Å²) in [7, 11) is -3.55. The second-order valence-corrected chi connectivity index (χ2v) is 9.46. The molecule has 1 aromatic rings. The molecular weight excluding hydrogens is 340 g/mol. The van der Waals surface area contributed by atoms with E-state index in [1.807, 2.05) is 33.0 Å².